The number of aryl methyl sites for hydroxylation is 2. The highest BCUT2D eigenvalue weighted by Crippen LogP contribution is 2.33. The second-order valence-corrected chi connectivity index (χ2v) is 7.29. The van der Waals surface area contributed by atoms with Crippen LogP contribution in [0.25, 0.3) is 10.2 Å². The zero-order chi connectivity index (χ0) is 17.2. The number of benzene rings is 1. The zero-order valence-corrected chi connectivity index (χ0v) is 14.5. The second kappa shape index (κ2) is 6.76. The van der Waals surface area contributed by atoms with Gasteiger partial charge in [-0.05, 0) is 36.8 Å². The molecule has 6 nitrogen and oxygen atoms in total. The lowest BCUT2D eigenvalue weighted by Gasteiger charge is -2.10. The van der Waals surface area contributed by atoms with Gasteiger partial charge >= 0.3 is 0 Å². The topological polar surface area (TPSA) is 76.9 Å². The SMILES string of the molecule is O=C(Cn1nnc2sc3c(c2c1=O)CCCC3)NCc1ccccc1. The van der Waals surface area contributed by atoms with Gasteiger partial charge in [-0.2, -0.15) is 0 Å². The Morgan fingerprint density at radius 1 is 1.20 bits per heavy atom. The highest BCUT2D eigenvalue weighted by Gasteiger charge is 2.21. The lowest BCUT2D eigenvalue weighted by Crippen LogP contribution is -2.34. The van der Waals surface area contributed by atoms with Crippen molar-refractivity contribution in [3.63, 3.8) is 0 Å². The van der Waals surface area contributed by atoms with E-state index in [9.17, 15) is 9.59 Å². The summed E-state index contributed by atoms with van der Waals surface area (Å²) in [6.07, 6.45) is 4.17. The Morgan fingerprint density at radius 2 is 2.00 bits per heavy atom. The van der Waals surface area contributed by atoms with Crippen LogP contribution in [0, 0.1) is 0 Å². The van der Waals surface area contributed by atoms with E-state index in [0.29, 0.717) is 16.8 Å². The highest BCUT2D eigenvalue weighted by molar-refractivity contribution is 7.18. The molecule has 0 bridgehead atoms. The fourth-order valence-electron chi connectivity index (χ4n) is 3.20. The summed E-state index contributed by atoms with van der Waals surface area (Å²) in [4.78, 5) is 26.9. The van der Waals surface area contributed by atoms with Crippen LogP contribution in [0.3, 0.4) is 0 Å². The maximum atomic E-state index is 12.8. The fourth-order valence-corrected chi connectivity index (χ4v) is 4.40. The fraction of sp³-hybridized carbons (Fsp3) is 0.333. The first kappa shape index (κ1) is 16.0. The predicted molar refractivity (Wildman–Crippen MR) is 96.6 cm³/mol. The van der Waals surface area contributed by atoms with Gasteiger partial charge in [-0.1, -0.05) is 35.5 Å². The summed E-state index contributed by atoms with van der Waals surface area (Å²) in [7, 11) is 0. The first-order chi connectivity index (χ1) is 12.2. The molecule has 1 N–H and O–H groups in total. The van der Waals surface area contributed by atoms with E-state index in [0.717, 1.165) is 36.8 Å². The monoisotopic (exact) mass is 354 g/mol. The lowest BCUT2D eigenvalue weighted by molar-refractivity contribution is -0.122. The summed E-state index contributed by atoms with van der Waals surface area (Å²) < 4.78 is 1.17. The molecule has 2 heterocycles. The minimum absolute atomic E-state index is 0.112. The van der Waals surface area contributed by atoms with E-state index in [1.807, 2.05) is 30.3 Å². The molecular formula is C18H18N4O2S. The van der Waals surface area contributed by atoms with E-state index < -0.39 is 0 Å². The van der Waals surface area contributed by atoms with Gasteiger partial charge in [-0.3, -0.25) is 9.59 Å². The van der Waals surface area contributed by atoms with Crippen LogP contribution < -0.4 is 10.9 Å². The lowest BCUT2D eigenvalue weighted by atomic mass is 9.97. The van der Waals surface area contributed by atoms with Crippen LogP contribution in [0.4, 0.5) is 0 Å². The number of carbonyl (C=O) groups is 1. The molecule has 0 spiro atoms. The summed E-state index contributed by atoms with van der Waals surface area (Å²) in [5, 5.41) is 11.6. The Kier molecular flexibility index (Phi) is 4.31. The average molecular weight is 354 g/mol. The van der Waals surface area contributed by atoms with Gasteiger partial charge in [-0.15, -0.1) is 16.4 Å². The van der Waals surface area contributed by atoms with Crippen LogP contribution in [0.5, 0.6) is 0 Å². The molecule has 25 heavy (non-hydrogen) atoms. The maximum absolute atomic E-state index is 12.8. The quantitative estimate of drug-likeness (QED) is 0.778. The number of nitrogens with one attached hydrogen (secondary N) is 1. The number of fused-ring (bicyclic) bond motifs is 3. The molecule has 0 saturated carbocycles. The van der Waals surface area contributed by atoms with Crippen molar-refractivity contribution in [3.8, 4) is 0 Å². The van der Waals surface area contributed by atoms with Crippen molar-refractivity contribution in [1.82, 2.24) is 20.3 Å². The second-order valence-electron chi connectivity index (χ2n) is 6.21. The van der Waals surface area contributed by atoms with Crippen molar-refractivity contribution in [1.29, 1.82) is 0 Å². The Hall–Kier alpha value is -2.54. The molecular weight excluding hydrogens is 336 g/mol. The van der Waals surface area contributed by atoms with Gasteiger partial charge in [0.15, 0.2) is 4.83 Å². The summed E-state index contributed by atoms with van der Waals surface area (Å²) in [6, 6.07) is 9.65. The molecule has 1 amide bonds. The number of nitrogens with zero attached hydrogens (tertiary/aromatic N) is 3. The number of aromatic nitrogens is 3. The number of hydrogen-bond donors (Lipinski definition) is 1. The van der Waals surface area contributed by atoms with Crippen molar-refractivity contribution in [2.24, 2.45) is 0 Å². The van der Waals surface area contributed by atoms with E-state index in [2.05, 4.69) is 15.6 Å². The molecule has 0 radical (unpaired) electrons. The molecule has 0 fully saturated rings. The standard InChI is InChI=1S/C18H18N4O2S/c23-15(19-10-12-6-2-1-3-7-12)11-22-18(24)16-13-8-4-5-9-14(13)25-17(16)20-21-22/h1-3,6-7H,4-5,8-11H2,(H,19,23). The molecule has 1 aliphatic carbocycles. The molecule has 0 aliphatic heterocycles. The van der Waals surface area contributed by atoms with Crippen LogP contribution in [-0.4, -0.2) is 20.9 Å². The first-order valence-corrected chi connectivity index (χ1v) is 9.22. The van der Waals surface area contributed by atoms with E-state index >= 15 is 0 Å². The molecule has 3 aromatic rings. The van der Waals surface area contributed by atoms with Crippen molar-refractivity contribution in [2.75, 3.05) is 0 Å². The van der Waals surface area contributed by atoms with E-state index in [1.54, 1.807) is 11.3 Å². The molecule has 128 valence electrons. The summed E-state index contributed by atoms with van der Waals surface area (Å²) in [5.41, 5.74) is 1.92. The van der Waals surface area contributed by atoms with Gasteiger partial charge in [0.25, 0.3) is 5.56 Å². The van der Waals surface area contributed by atoms with Gasteiger partial charge in [-0.25, -0.2) is 4.68 Å². The number of amides is 1. The van der Waals surface area contributed by atoms with Crippen molar-refractivity contribution >= 4 is 27.5 Å². The van der Waals surface area contributed by atoms with E-state index in [4.69, 9.17) is 0 Å². The van der Waals surface area contributed by atoms with Crippen LogP contribution in [0.2, 0.25) is 0 Å². The molecule has 1 aromatic carbocycles. The third-order valence-electron chi connectivity index (χ3n) is 4.47. The summed E-state index contributed by atoms with van der Waals surface area (Å²) >= 11 is 1.56. The predicted octanol–water partition coefficient (Wildman–Crippen LogP) is 2.05. The van der Waals surface area contributed by atoms with Gasteiger partial charge in [0.2, 0.25) is 5.91 Å². The van der Waals surface area contributed by atoms with Crippen LogP contribution in [0.1, 0.15) is 28.8 Å². The Labute approximate surface area is 148 Å². The molecule has 0 atom stereocenters. The number of thiophene rings is 1. The van der Waals surface area contributed by atoms with Gasteiger partial charge in [0, 0.05) is 11.4 Å². The Balaban J connectivity index is 1.54. The molecule has 0 unspecified atom stereocenters. The zero-order valence-electron chi connectivity index (χ0n) is 13.7. The largest absolute Gasteiger partial charge is 0.350 e. The molecule has 4 rings (SSSR count). The first-order valence-electron chi connectivity index (χ1n) is 8.41. The maximum Gasteiger partial charge on any atom is 0.279 e. The van der Waals surface area contributed by atoms with Gasteiger partial charge in [0.05, 0.1) is 5.39 Å². The Morgan fingerprint density at radius 3 is 2.84 bits per heavy atom. The molecule has 1 aliphatic rings. The smallest absolute Gasteiger partial charge is 0.279 e. The van der Waals surface area contributed by atoms with Crippen LogP contribution in [-0.2, 0) is 30.7 Å². The minimum atomic E-state index is -0.247. The molecule has 2 aromatic heterocycles. The number of carbonyl (C=O) groups excluding carboxylic acids is 1. The highest BCUT2D eigenvalue weighted by atomic mass is 32.1. The third-order valence-corrected chi connectivity index (χ3v) is 5.65. The van der Waals surface area contributed by atoms with Crippen LogP contribution >= 0.6 is 11.3 Å². The van der Waals surface area contributed by atoms with E-state index in [1.165, 1.54) is 9.56 Å². The van der Waals surface area contributed by atoms with Crippen molar-refractivity contribution < 1.29 is 4.79 Å². The molecule has 0 saturated heterocycles. The number of rotatable bonds is 4. The minimum Gasteiger partial charge on any atom is -0.350 e. The van der Waals surface area contributed by atoms with Crippen molar-refractivity contribution in [2.45, 2.75) is 38.8 Å². The third kappa shape index (κ3) is 3.19. The number of hydrogen-bond acceptors (Lipinski definition) is 5. The summed E-state index contributed by atoms with van der Waals surface area (Å²) in [6.45, 7) is 0.317. The summed E-state index contributed by atoms with van der Waals surface area (Å²) in [5.74, 6) is -0.247. The van der Waals surface area contributed by atoms with Crippen LogP contribution in [0.15, 0.2) is 35.1 Å². The molecule has 7 heteroatoms. The normalized spacial score (nSPS) is 13.6. The van der Waals surface area contributed by atoms with Crippen molar-refractivity contribution in [3.05, 3.63) is 56.7 Å². The van der Waals surface area contributed by atoms with Gasteiger partial charge < -0.3 is 5.32 Å². The van der Waals surface area contributed by atoms with Gasteiger partial charge in [0.1, 0.15) is 6.54 Å². The average Bonchev–Trinajstić information content (AvgIpc) is 3.02. The van der Waals surface area contributed by atoms with E-state index in [-0.39, 0.29) is 18.0 Å². The Bertz CT molecular complexity index is 978.